The van der Waals surface area contributed by atoms with E-state index in [1.54, 1.807) is 7.11 Å². The number of methoxy groups -OCH3 is 1. The molecule has 1 saturated heterocycles. The zero-order chi connectivity index (χ0) is 14.0. The summed E-state index contributed by atoms with van der Waals surface area (Å²) < 4.78 is 5.60. The predicted molar refractivity (Wildman–Crippen MR) is 85.7 cm³/mol. The minimum atomic E-state index is -0.578. The molecular formula is C16H29ClN2O2. The molecule has 5 heteroatoms. The lowest BCUT2D eigenvalue weighted by Gasteiger charge is -2.35. The fourth-order valence-corrected chi connectivity index (χ4v) is 4.12. The van der Waals surface area contributed by atoms with Gasteiger partial charge in [0.15, 0.2) is 0 Å². The molecule has 122 valence electrons. The molecule has 2 unspecified atom stereocenters. The lowest BCUT2D eigenvalue weighted by atomic mass is 9.85. The van der Waals surface area contributed by atoms with E-state index in [0.717, 1.165) is 37.8 Å². The fraction of sp³-hybridized carbons (Fsp3) is 0.938. The van der Waals surface area contributed by atoms with Crippen LogP contribution in [-0.2, 0) is 9.53 Å². The van der Waals surface area contributed by atoms with Gasteiger partial charge in [-0.1, -0.05) is 32.1 Å². The molecule has 3 fully saturated rings. The van der Waals surface area contributed by atoms with Gasteiger partial charge in [-0.25, -0.2) is 0 Å². The average molecular weight is 317 g/mol. The van der Waals surface area contributed by atoms with Crippen LogP contribution < -0.4 is 10.6 Å². The molecule has 0 spiro atoms. The molecule has 21 heavy (non-hydrogen) atoms. The van der Waals surface area contributed by atoms with Gasteiger partial charge in [-0.2, -0.15) is 0 Å². The maximum atomic E-state index is 12.6. The summed E-state index contributed by atoms with van der Waals surface area (Å²) in [6.07, 6.45) is 9.68. The van der Waals surface area contributed by atoms with Gasteiger partial charge in [0.25, 0.3) is 5.91 Å². The maximum Gasteiger partial charge on any atom is 0.252 e. The first-order valence-corrected chi connectivity index (χ1v) is 8.32. The molecule has 1 heterocycles. The standard InChI is InChI=1S/C16H28N2O2.ClH/c1-20-16(7-9-17-10-8-16)15(19)18-14-11-13(14)12-5-3-2-4-6-12;/h12-14,17H,2-11H2,1H3,(H,18,19);1H. The molecule has 0 aromatic rings. The van der Waals surface area contributed by atoms with Crippen LogP contribution in [0.3, 0.4) is 0 Å². The molecule has 2 saturated carbocycles. The van der Waals surface area contributed by atoms with Crippen molar-refractivity contribution in [1.29, 1.82) is 0 Å². The first-order valence-electron chi connectivity index (χ1n) is 8.32. The molecule has 0 aromatic heterocycles. The van der Waals surface area contributed by atoms with Crippen molar-refractivity contribution < 1.29 is 9.53 Å². The Morgan fingerprint density at radius 2 is 1.86 bits per heavy atom. The van der Waals surface area contributed by atoms with Crippen LogP contribution in [0.2, 0.25) is 0 Å². The van der Waals surface area contributed by atoms with Crippen molar-refractivity contribution in [3.63, 3.8) is 0 Å². The van der Waals surface area contributed by atoms with Gasteiger partial charge in [-0.3, -0.25) is 4.79 Å². The molecule has 2 atom stereocenters. The largest absolute Gasteiger partial charge is 0.368 e. The number of carbonyl (C=O) groups is 1. The molecule has 1 aliphatic heterocycles. The topological polar surface area (TPSA) is 50.4 Å². The molecule has 0 aromatic carbocycles. The number of amides is 1. The van der Waals surface area contributed by atoms with Crippen molar-refractivity contribution in [2.45, 2.75) is 63.0 Å². The summed E-state index contributed by atoms with van der Waals surface area (Å²) in [5, 5.41) is 6.57. The summed E-state index contributed by atoms with van der Waals surface area (Å²) in [5.74, 6) is 1.74. The van der Waals surface area contributed by atoms with E-state index in [4.69, 9.17) is 4.74 Å². The SMILES string of the molecule is COC1(C(=O)NC2CC2C2CCCCC2)CCNCC1.Cl. The average Bonchev–Trinajstić information content (AvgIpc) is 3.28. The Labute approximate surface area is 134 Å². The van der Waals surface area contributed by atoms with Gasteiger partial charge in [-0.15, -0.1) is 12.4 Å². The number of rotatable bonds is 4. The smallest absolute Gasteiger partial charge is 0.252 e. The van der Waals surface area contributed by atoms with Gasteiger partial charge in [0.2, 0.25) is 0 Å². The monoisotopic (exact) mass is 316 g/mol. The molecule has 3 aliphatic rings. The van der Waals surface area contributed by atoms with Crippen molar-refractivity contribution >= 4 is 18.3 Å². The van der Waals surface area contributed by atoms with Crippen molar-refractivity contribution in [3.8, 4) is 0 Å². The van der Waals surface area contributed by atoms with E-state index in [1.807, 2.05) is 0 Å². The minimum Gasteiger partial charge on any atom is -0.368 e. The second-order valence-electron chi connectivity index (χ2n) is 6.83. The van der Waals surface area contributed by atoms with Crippen LogP contribution in [0.5, 0.6) is 0 Å². The van der Waals surface area contributed by atoms with E-state index in [2.05, 4.69) is 10.6 Å². The third-order valence-corrected chi connectivity index (χ3v) is 5.63. The van der Waals surface area contributed by atoms with Gasteiger partial charge < -0.3 is 15.4 Å². The summed E-state index contributed by atoms with van der Waals surface area (Å²) in [5.41, 5.74) is -0.578. The molecule has 2 aliphatic carbocycles. The van der Waals surface area contributed by atoms with Crippen LogP contribution in [0, 0.1) is 11.8 Å². The Hall–Kier alpha value is -0.320. The highest BCUT2D eigenvalue weighted by Gasteiger charge is 2.47. The van der Waals surface area contributed by atoms with Gasteiger partial charge in [0, 0.05) is 13.2 Å². The normalized spacial score (nSPS) is 32.0. The van der Waals surface area contributed by atoms with E-state index < -0.39 is 5.60 Å². The third kappa shape index (κ3) is 3.72. The van der Waals surface area contributed by atoms with Gasteiger partial charge in [0.05, 0.1) is 0 Å². The quantitative estimate of drug-likeness (QED) is 0.836. The summed E-state index contributed by atoms with van der Waals surface area (Å²) in [6.45, 7) is 1.75. The number of hydrogen-bond acceptors (Lipinski definition) is 3. The van der Waals surface area contributed by atoms with E-state index in [0.29, 0.717) is 6.04 Å². The molecule has 4 nitrogen and oxygen atoms in total. The number of halogens is 1. The molecule has 3 rings (SSSR count). The Morgan fingerprint density at radius 3 is 2.48 bits per heavy atom. The first-order chi connectivity index (χ1) is 9.75. The Balaban J connectivity index is 0.00000161. The number of hydrogen-bond donors (Lipinski definition) is 2. The van der Waals surface area contributed by atoms with Crippen LogP contribution in [0.25, 0.3) is 0 Å². The summed E-state index contributed by atoms with van der Waals surface area (Å²) in [6, 6.07) is 0.424. The van der Waals surface area contributed by atoms with E-state index in [9.17, 15) is 4.79 Å². The van der Waals surface area contributed by atoms with Crippen LogP contribution in [0.1, 0.15) is 51.4 Å². The molecule has 2 N–H and O–H groups in total. The predicted octanol–water partition coefficient (Wildman–Crippen LogP) is 2.26. The second-order valence-corrected chi connectivity index (χ2v) is 6.83. The van der Waals surface area contributed by atoms with E-state index in [-0.39, 0.29) is 18.3 Å². The molecule has 0 radical (unpaired) electrons. The Kier molecular flexibility index (Phi) is 5.92. The highest BCUT2D eigenvalue weighted by Crippen LogP contribution is 2.44. The van der Waals surface area contributed by atoms with Gasteiger partial charge in [-0.05, 0) is 44.2 Å². The highest BCUT2D eigenvalue weighted by molar-refractivity contribution is 5.86. The molecule has 0 bridgehead atoms. The minimum absolute atomic E-state index is 0. The Morgan fingerprint density at radius 1 is 1.19 bits per heavy atom. The summed E-state index contributed by atoms with van der Waals surface area (Å²) >= 11 is 0. The number of carbonyl (C=O) groups excluding carboxylic acids is 1. The highest BCUT2D eigenvalue weighted by atomic mass is 35.5. The van der Waals surface area contributed by atoms with Crippen LogP contribution in [-0.4, -0.2) is 37.7 Å². The summed E-state index contributed by atoms with van der Waals surface area (Å²) in [4.78, 5) is 12.6. The van der Waals surface area contributed by atoms with Gasteiger partial charge in [0.1, 0.15) is 5.60 Å². The lowest BCUT2D eigenvalue weighted by molar-refractivity contribution is -0.147. The molecule has 1 amide bonds. The van der Waals surface area contributed by atoms with Crippen molar-refractivity contribution in [3.05, 3.63) is 0 Å². The van der Waals surface area contributed by atoms with Gasteiger partial charge >= 0.3 is 0 Å². The van der Waals surface area contributed by atoms with Crippen molar-refractivity contribution in [2.75, 3.05) is 20.2 Å². The van der Waals surface area contributed by atoms with E-state index >= 15 is 0 Å². The number of piperidine rings is 1. The van der Waals surface area contributed by atoms with Crippen LogP contribution in [0.4, 0.5) is 0 Å². The zero-order valence-electron chi connectivity index (χ0n) is 13.0. The second kappa shape index (κ2) is 7.30. The number of ether oxygens (including phenoxy) is 1. The number of nitrogens with one attached hydrogen (secondary N) is 2. The van der Waals surface area contributed by atoms with Crippen molar-refractivity contribution in [2.24, 2.45) is 11.8 Å². The molecular weight excluding hydrogens is 288 g/mol. The third-order valence-electron chi connectivity index (χ3n) is 5.63. The lowest BCUT2D eigenvalue weighted by Crippen LogP contribution is -2.54. The first kappa shape index (κ1) is 17.0. The van der Waals surface area contributed by atoms with Crippen LogP contribution >= 0.6 is 12.4 Å². The fourth-order valence-electron chi connectivity index (χ4n) is 4.12. The summed E-state index contributed by atoms with van der Waals surface area (Å²) in [7, 11) is 1.68. The van der Waals surface area contributed by atoms with Crippen LogP contribution in [0.15, 0.2) is 0 Å². The zero-order valence-corrected chi connectivity index (χ0v) is 13.8. The van der Waals surface area contributed by atoms with E-state index in [1.165, 1.54) is 38.5 Å². The Bertz CT molecular complexity index is 352. The maximum absolute atomic E-state index is 12.6. The van der Waals surface area contributed by atoms with Crippen molar-refractivity contribution in [1.82, 2.24) is 10.6 Å².